The first-order valence-electron chi connectivity index (χ1n) is 8.80. The fraction of sp³-hybridized carbons (Fsp3) is 0.368. The summed E-state index contributed by atoms with van der Waals surface area (Å²) in [6.07, 6.45) is 0.0156. The van der Waals surface area contributed by atoms with Gasteiger partial charge in [0, 0.05) is 10.8 Å². The largest absolute Gasteiger partial charge is 0.493 e. The lowest BCUT2D eigenvalue weighted by Gasteiger charge is -2.23. The molecule has 0 spiro atoms. The minimum atomic E-state index is 0.0156. The fourth-order valence-corrected chi connectivity index (χ4v) is 6.28. The molecular weight excluding hydrogens is 404 g/mol. The molecule has 0 saturated heterocycles. The lowest BCUT2D eigenvalue weighted by molar-refractivity contribution is 0.107. The van der Waals surface area contributed by atoms with Crippen molar-refractivity contribution in [1.29, 1.82) is 0 Å². The van der Waals surface area contributed by atoms with Crippen LogP contribution in [0.15, 0.2) is 16.8 Å². The molecule has 0 saturated carbocycles. The zero-order valence-corrected chi connectivity index (χ0v) is 17.4. The first-order valence-corrected chi connectivity index (χ1v) is 11.4. The molecule has 8 heteroatoms. The predicted octanol–water partition coefficient (Wildman–Crippen LogP) is 5.53. The summed E-state index contributed by atoms with van der Waals surface area (Å²) in [7, 11) is 0. The number of ether oxygens (including phenoxy) is 5. The highest BCUT2D eigenvalue weighted by atomic mass is 32.1. The van der Waals surface area contributed by atoms with Gasteiger partial charge in [-0.1, -0.05) is 0 Å². The molecule has 27 heavy (non-hydrogen) atoms. The molecule has 0 amide bonds. The van der Waals surface area contributed by atoms with Gasteiger partial charge in [-0.2, -0.15) is 0 Å². The molecule has 0 N–H and O–H groups in total. The summed E-state index contributed by atoms with van der Waals surface area (Å²) in [6.45, 7) is 6.35. The molecule has 0 bridgehead atoms. The zero-order valence-electron chi connectivity index (χ0n) is 14.9. The Balaban J connectivity index is 1.63. The topological polar surface area (TPSA) is 46.2 Å². The summed E-state index contributed by atoms with van der Waals surface area (Å²) < 4.78 is 29.5. The summed E-state index contributed by atoms with van der Waals surface area (Å²) in [5.74, 6) is 4.13. The van der Waals surface area contributed by atoms with E-state index in [2.05, 4.69) is 6.07 Å². The lowest BCUT2D eigenvalue weighted by atomic mass is 10.2. The maximum atomic E-state index is 6.19. The van der Waals surface area contributed by atoms with Crippen LogP contribution in [0.2, 0.25) is 0 Å². The average molecular weight is 423 g/mol. The van der Waals surface area contributed by atoms with Crippen LogP contribution < -0.4 is 23.7 Å². The van der Waals surface area contributed by atoms with Crippen molar-refractivity contribution < 1.29 is 23.7 Å². The van der Waals surface area contributed by atoms with Gasteiger partial charge in [0.2, 0.25) is 0 Å². The highest BCUT2D eigenvalue weighted by Crippen LogP contribution is 2.59. The third kappa shape index (κ3) is 2.96. The third-order valence-corrected chi connectivity index (χ3v) is 7.57. The Morgan fingerprint density at radius 1 is 1.00 bits per heavy atom. The van der Waals surface area contributed by atoms with E-state index in [-0.39, 0.29) is 6.10 Å². The second-order valence-electron chi connectivity index (χ2n) is 6.19. The van der Waals surface area contributed by atoms with Crippen LogP contribution in [0.1, 0.15) is 13.8 Å². The monoisotopic (exact) mass is 422 g/mol. The fourth-order valence-electron chi connectivity index (χ4n) is 3.09. The van der Waals surface area contributed by atoms with Crippen LogP contribution >= 0.6 is 34.0 Å². The Hall–Kier alpha value is -1.90. The van der Waals surface area contributed by atoms with Crippen LogP contribution in [0, 0.1) is 0 Å². The highest BCUT2D eigenvalue weighted by Gasteiger charge is 2.32. The second-order valence-corrected chi connectivity index (χ2v) is 9.00. The smallest absolute Gasteiger partial charge is 0.181 e. The summed E-state index contributed by atoms with van der Waals surface area (Å²) in [5, 5.41) is 4.03. The maximum absolute atomic E-state index is 6.19. The number of hydrogen-bond donors (Lipinski definition) is 0. The van der Waals surface area contributed by atoms with E-state index in [0.717, 1.165) is 48.3 Å². The molecular formula is C19H18O5S3. The molecule has 1 atom stereocenters. The van der Waals surface area contributed by atoms with Crippen LogP contribution in [-0.2, 0) is 0 Å². The molecule has 5 nitrogen and oxygen atoms in total. The van der Waals surface area contributed by atoms with Crippen LogP contribution in [0.4, 0.5) is 0 Å². The van der Waals surface area contributed by atoms with Crippen molar-refractivity contribution in [3.63, 3.8) is 0 Å². The first kappa shape index (κ1) is 17.2. The van der Waals surface area contributed by atoms with Gasteiger partial charge in [0.15, 0.2) is 23.0 Å². The van der Waals surface area contributed by atoms with Gasteiger partial charge in [-0.25, -0.2) is 0 Å². The summed E-state index contributed by atoms with van der Waals surface area (Å²) in [4.78, 5) is 4.26. The van der Waals surface area contributed by atoms with Crippen molar-refractivity contribution in [3.8, 4) is 48.3 Å². The van der Waals surface area contributed by atoms with Crippen molar-refractivity contribution in [2.24, 2.45) is 0 Å². The maximum Gasteiger partial charge on any atom is 0.181 e. The molecule has 0 aromatic carbocycles. The quantitative estimate of drug-likeness (QED) is 0.553. The molecule has 3 aromatic rings. The summed E-state index contributed by atoms with van der Waals surface area (Å²) in [5.41, 5.74) is 0. The third-order valence-electron chi connectivity index (χ3n) is 4.22. The van der Waals surface area contributed by atoms with Crippen LogP contribution in [-0.4, -0.2) is 32.5 Å². The summed E-state index contributed by atoms with van der Waals surface area (Å²) in [6, 6.07) is 2.07. The number of thiophene rings is 3. The van der Waals surface area contributed by atoms with Crippen LogP contribution in [0.3, 0.4) is 0 Å². The van der Waals surface area contributed by atoms with E-state index in [9.17, 15) is 0 Å². The van der Waals surface area contributed by atoms with E-state index in [1.54, 1.807) is 34.0 Å². The Kier molecular flexibility index (Phi) is 4.41. The van der Waals surface area contributed by atoms with E-state index in [4.69, 9.17) is 23.7 Å². The molecule has 0 aliphatic carbocycles. The van der Waals surface area contributed by atoms with Crippen molar-refractivity contribution in [3.05, 3.63) is 16.8 Å². The lowest BCUT2D eigenvalue weighted by Crippen LogP contribution is -2.25. The number of hydrogen-bond acceptors (Lipinski definition) is 8. The number of fused-ring (bicyclic) bond motifs is 2. The molecule has 1 unspecified atom stereocenters. The van der Waals surface area contributed by atoms with E-state index in [1.807, 2.05) is 24.6 Å². The zero-order chi connectivity index (χ0) is 18.4. The molecule has 142 valence electrons. The van der Waals surface area contributed by atoms with Gasteiger partial charge < -0.3 is 23.7 Å². The Morgan fingerprint density at radius 2 is 1.89 bits per heavy atom. The van der Waals surface area contributed by atoms with Gasteiger partial charge in [0.25, 0.3) is 0 Å². The molecule has 5 heterocycles. The van der Waals surface area contributed by atoms with Crippen molar-refractivity contribution >= 4 is 34.0 Å². The Morgan fingerprint density at radius 3 is 2.78 bits per heavy atom. The number of rotatable bonds is 4. The van der Waals surface area contributed by atoms with E-state index >= 15 is 0 Å². The Bertz CT molecular complexity index is 970. The van der Waals surface area contributed by atoms with Gasteiger partial charge >= 0.3 is 0 Å². The van der Waals surface area contributed by atoms with Crippen molar-refractivity contribution in [2.45, 2.75) is 20.0 Å². The van der Waals surface area contributed by atoms with Crippen molar-refractivity contribution in [1.82, 2.24) is 0 Å². The minimum Gasteiger partial charge on any atom is -0.493 e. The second kappa shape index (κ2) is 6.92. The summed E-state index contributed by atoms with van der Waals surface area (Å²) >= 11 is 4.94. The molecule has 3 aromatic heterocycles. The SMILES string of the molecule is CCOc1csc(-c2sc(-c3scc4c3OCCO4)c3c2OC(C)CO3)c1. The van der Waals surface area contributed by atoms with E-state index in [1.165, 1.54) is 0 Å². The standard InChI is InChI=1S/C19H18O5S3/c1-3-20-11-6-13(25-8-11)17-16-15(23-7-10(2)24-16)19(27-17)18-14-12(9-26-18)21-4-5-22-14/h6,8-10H,3-5,7H2,1-2H3. The van der Waals surface area contributed by atoms with E-state index in [0.29, 0.717) is 26.4 Å². The van der Waals surface area contributed by atoms with Gasteiger partial charge in [-0.05, 0) is 19.9 Å². The van der Waals surface area contributed by atoms with Crippen LogP contribution in [0.5, 0.6) is 28.7 Å². The van der Waals surface area contributed by atoms with Gasteiger partial charge in [0.05, 0.1) is 26.1 Å². The molecule has 2 aliphatic rings. The molecule has 0 radical (unpaired) electrons. The first-order chi connectivity index (χ1) is 13.2. The van der Waals surface area contributed by atoms with Gasteiger partial charge in [-0.3, -0.25) is 0 Å². The molecule has 5 rings (SSSR count). The normalized spacial score (nSPS) is 17.8. The van der Waals surface area contributed by atoms with Crippen molar-refractivity contribution in [2.75, 3.05) is 26.4 Å². The van der Waals surface area contributed by atoms with Crippen LogP contribution in [0.25, 0.3) is 19.5 Å². The molecule has 2 aliphatic heterocycles. The van der Waals surface area contributed by atoms with E-state index < -0.39 is 0 Å². The minimum absolute atomic E-state index is 0.0156. The van der Waals surface area contributed by atoms with Gasteiger partial charge in [0.1, 0.15) is 31.7 Å². The van der Waals surface area contributed by atoms with Gasteiger partial charge in [-0.15, -0.1) is 34.0 Å². The average Bonchev–Trinajstić information content (AvgIpc) is 3.38. The highest BCUT2D eigenvalue weighted by molar-refractivity contribution is 7.26. The molecule has 0 fully saturated rings. The Labute approximate surface area is 169 Å². The predicted molar refractivity (Wildman–Crippen MR) is 109 cm³/mol.